The Morgan fingerprint density at radius 3 is 2.58 bits per heavy atom. The fourth-order valence-electron chi connectivity index (χ4n) is 2.13. The molecule has 1 heterocycles. The molecule has 1 aliphatic carbocycles. The molecule has 1 amide bonds. The van der Waals surface area contributed by atoms with Crippen LogP contribution in [0.15, 0.2) is 24.3 Å². The topological polar surface area (TPSA) is 66.4 Å². The first kappa shape index (κ1) is 14.1. The van der Waals surface area contributed by atoms with Gasteiger partial charge >= 0.3 is 5.97 Å². The molecule has 2 rings (SSSR count). The van der Waals surface area contributed by atoms with Crippen molar-refractivity contribution in [2.75, 3.05) is 0 Å². The number of rotatable bonds is 4. The Morgan fingerprint density at radius 1 is 1.32 bits per heavy atom. The smallest absolute Gasteiger partial charge is 0.307 e. The highest BCUT2D eigenvalue weighted by molar-refractivity contribution is 7.16. The van der Waals surface area contributed by atoms with E-state index in [2.05, 4.69) is 5.32 Å². The maximum atomic E-state index is 12.1. The minimum Gasteiger partial charge on any atom is -0.481 e. The first-order chi connectivity index (χ1) is 9.08. The number of aliphatic carboxylic acids is 1. The molecule has 102 valence electrons. The predicted octanol–water partition coefficient (Wildman–Crippen LogP) is 2.68. The van der Waals surface area contributed by atoms with E-state index in [4.69, 9.17) is 16.7 Å². The van der Waals surface area contributed by atoms with E-state index < -0.39 is 17.8 Å². The van der Waals surface area contributed by atoms with E-state index in [0.29, 0.717) is 23.7 Å². The quantitative estimate of drug-likeness (QED) is 0.840. The van der Waals surface area contributed by atoms with Crippen LogP contribution in [0.4, 0.5) is 0 Å². The lowest BCUT2D eigenvalue weighted by molar-refractivity contribution is -0.147. The van der Waals surface area contributed by atoms with Crippen LogP contribution in [0.1, 0.15) is 17.7 Å². The number of carboxylic acid groups (broad SMARTS) is 1. The number of allylic oxidation sites excluding steroid dienone is 2. The maximum absolute atomic E-state index is 12.1. The van der Waals surface area contributed by atoms with Crippen LogP contribution in [-0.4, -0.2) is 17.0 Å². The summed E-state index contributed by atoms with van der Waals surface area (Å²) in [7, 11) is 0. The van der Waals surface area contributed by atoms with Gasteiger partial charge in [-0.3, -0.25) is 9.59 Å². The van der Waals surface area contributed by atoms with Crippen molar-refractivity contribution >= 4 is 34.8 Å². The highest BCUT2D eigenvalue weighted by atomic mass is 35.5. The van der Waals surface area contributed by atoms with Crippen molar-refractivity contribution in [2.24, 2.45) is 11.8 Å². The van der Waals surface area contributed by atoms with Crippen LogP contribution in [0.5, 0.6) is 0 Å². The molecule has 0 saturated heterocycles. The summed E-state index contributed by atoms with van der Waals surface area (Å²) >= 11 is 7.21. The van der Waals surface area contributed by atoms with Crippen LogP contribution in [0, 0.1) is 11.8 Å². The summed E-state index contributed by atoms with van der Waals surface area (Å²) in [5.74, 6) is -2.24. The lowest BCUT2D eigenvalue weighted by Crippen LogP contribution is -2.38. The number of carboxylic acids is 1. The Kier molecular flexibility index (Phi) is 4.61. The average Bonchev–Trinajstić information content (AvgIpc) is 2.81. The summed E-state index contributed by atoms with van der Waals surface area (Å²) in [4.78, 5) is 24.1. The zero-order chi connectivity index (χ0) is 13.8. The fraction of sp³-hybridized carbons (Fsp3) is 0.385. The highest BCUT2D eigenvalue weighted by Crippen LogP contribution is 2.26. The normalized spacial score (nSPS) is 22.2. The summed E-state index contributed by atoms with van der Waals surface area (Å²) in [6.45, 7) is 0.392. The SMILES string of the molecule is O=C(O)[C@H]1CC=CC[C@H]1C(=O)NCc1ccc(Cl)s1. The Labute approximate surface area is 120 Å². The summed E-state index contributed by atoms with van der Waals surface area (Å²) in [6, 6.07) is 3.62. The van der Waals surface area contributed by atoms with Crippen LogP contribution in [0.25, 0.3) is 0 Å². The Balaban J connectivity index is 1.95. The van der Waals surface area contributed by atoms with Gasteiger partial charge in [-0.25, -0.2) is 0 Å². The van der Waals surface area contributed by atoms with E-state index in [1.54, 1.807) is 6.07 Å². The zero-order valence-corrected chi connectivity index (χ0v) is 11.7. The van der Waals surface area contributed by atoms with Crippen LogP contribution < -0.4 is 5.32 Å². The Morgan fingerprint density at radius 2 is 2.00 bits per heavy atom. The minimum atomic E-state index is -0.913. The molecule has 1 aromatic rings. The van der Waals surface area contributed by atoms with Crippen molar-refractivity contribution < 1.29 is 14.7 Å². The zero-order valence-electron chi connectivity index (χ0n) is 10.1. The summed E-state index contributed by atoms with van der Waals surface area (Å²) in [5, 5.41) is 11.9. The monoisotopic (exact) mass is 299 g/mol. The largest absolute Gasteiger partial charge is 0.481 e. The van der Waals surface area contributed by atoms with Gasteiger partial charge in [0.15, 0.2) is 0 Å². The molecule has 1 aromatic heterocycles. The molecule has 0 bridgehead atoms. The van der Waals surface area contributed by atoms with Crippen molar-refractivity contribution in [3.8, 4) is 0 Å². The Hall–Kier alpha value is -1.33. The van der Waals surface area contributed by atoms with Crippen LogP contribution in [0.2, 0.25) is 4.34 Å². The number of halogens is 1. The molecule has 0 fully saturated rings. The van der Waals surface area contributed by atoms with Gasteiger partial charge < -0.3 is 10.4 Å². The summed E-state index contributed by atoms with van der Waals surface area (Å²) in [6.07, 6.45) is 4.58. The second-order valence-electron chi connectivity index (χ2n) is 4.42. The number of hydrogen-bond donors (Lipinski definition) is 2. The third-order valence-corrected chi connectivity index (χ3v) is 4.38. The highest BCUT2D eigenvalue weighted by Gasteiger charge is 2.33. The molecule has 4 nitrogen and oxygen atoms in total. The molecule has 2 atom stereocenters. The molecular weight excluding hydrogens is 286 g/mol. The molecule has 6 heteroatoms. The molecular formula is C13H14ClNO3S. The second kappa shape index (κ2) is 6.21. The number of carbonyl (C=O) groups excluding carboxylic acids is 1. The number of thiophene rings is 1. The van der Waals surface area contributed by atoms with E-state index in [1.165, 1.54) is 11.3 Å². The van der Waals surface area contributed by atoms with Gasteiger partial charge in [0.1, 0.15) is 0 Å². The van der Waals surface area contributed by atoms with Crippen LogP contribution >= 0.6 is 22.9 Å². The van der Waals surface area contributed by atoms with E-state index in [0.717, 1.165) is 4.88 Å². The van der Waals surface area contributed by atoms with Crippen molar-refractivity contribution in [3.05, 3.63) is 33.5 Å². The van der Waals surface area contributed by atoms with Gasteiger partial charge in [0.05, 0.1) is 22.7 Å². The number of amides is 1. The molecule has 1 aliphatic rings. The van der Waals surface area contributed by atoms with Crippen LogP contribution in [-0.2, 0) is 16.1 Å². The number of hydrogen-bond acceptors (Lipinski definition) is 3. The van der Waals surface area contributed by atoms with Crippen molar-refractivity contribution in [1.29, 1.82) is 0 Å². The lowest BCUT2D eigenvalue weighted by atomic mass is 9.82. The third-order valence-electron chi connectivity index (χ3n) is 3.15. The second-order valence-corrected chi connectivity index (χ2v) is 6.22. The van der Waals surface area contributed by atoms with Gasteiger partial charge in [-0.2, -0.15) is 0 Å². The molecule has 0 aromatic carbocycles. The van der Waals surface area contributed by atoms with Gasteiger partial charge in [0.2, 0.25) is 5.91 Å². The average molecular weight is 300 g/mol. The maximum Gasteiger partial charge on any atom is 0.307 e. The number of carbonyl (C=O) groups is 2. The first-order valence-electron chi connectivity index (χ1n) is 5.97. The van der Waals surface area contributed by atoms with Crippen molar-refractivity contribution in [2.45, 2.75) is 19.4 Å². The van der Waals surface area contributed by atoms with E-state index in [1.807, 2.05) is 18.2 Å². The lowest BCUT2D eigenvalue weighted by Gasteiger charge is -2.24. The number of nitrogens with one attached hydrogen (secondary N) is 1. The summed E-state index contributed by atoms with van der Waals surface area (Å²) in [5.41, 5.74) is 0. The van der Waals surface area contributed by atoms with Gasteiger partial charge in [-0.1, -0.05) is 23.8 Å². The van der Waals surface area contributed by atoms with E-state index >= 15 is 0 Å². The molecule has 0 saturated carbocycles. The van der Waals surface area contributed by atoms with Gasteiger partial charge in [0.25, 0.3) is 0 Å². The molecule has 0 radical (unpaired) electrons. The van der Waals surface area contributed by atoms with Crippen molar-refractivity contribution in [1.82, 2.24) is 5.32 Å². The van der Waals surface area contributed by atoms with Crippen LogP contribution in [0.3, 0.4) is 0 Å². The fourth-order valence-corrected chi connectivity index (χ4v) is 3.16. The first-order valence-corrected chi connectivity index (χ1v) is 7.17. The Bertz CT molecular complexity index is 512. The van der Waals surface area contributed by atoms with Crippen molar-refractivity contribution in [3.63, 3.8) is 0 Å². The van der Waals surface area contributed by atoms with Gasteiger partial charge in [-0.05, 0) is 25.0 Å². The molecule has 19 heavy (non-hydrogen) atoms. The predicted molar refractivity (Wildman–Crippen MR) is 74.2 cm³/mol. The molecule has 0 spiro atoms. The summed E-state index contributed by atoms with van der Waals surface area (Å²) < 4.78 is 0.674. The molecule has 2 N–H and O–H groups in total. The molecule has 0 unspecified atom stereocenters. The van der Waals surface area contributed by atoms with Gasteiger partial charge in [0, 0.05) is 4.88 Å². The van der Waals surface area contributed by atoms with E-state index in [9.17, 15) is 9.59 Å². The third kappa shape index (κ3) is 3.58. The van der Waals surface area contributed by atoms with E-state index in [-0.39, 0.29) is 5.91 Å². The minimum absolute atomic E-state index is 0.207. The standard InChI is InChI=1S/C13H14ClNO3S/c14-11-6-5-8(19-11)7-15-12(16)9-3-1-2-4-10(9)13(17)18/h1-2,5-6,9-10H,3-4,7H2,(H,15,16)(H,17,18)/t9-,10+/m1/s1. The molecule has 0 aliphatic heterocycles. The van der Waals surface area contributed by atoms with Gasteiger partial charge in [-0.15, -0.1) is 11.3 Å².